The molecule has 15 heavy (non-hydrogen) atoms. The van der Waals surface area contributed by atoms with E-state index in [1.165, 1.54) is 18.5 Å². The molecule has 0 unspecified atom stereocenters. The highest BCUT2D eigenvalue weighted by atomic mass is 16.3. The number of hydrogen-bond donors (Lipinski definition) is 1. The van der Waals surface area contributed by atoms with Gasteiger partial charge < -0.3 is 10.0 Å². The molecule has 1 saturated heterocycles. The van der Waals surface area contributed by atoms with Crippen molar-refractivity contribution in [1.82, 2.24) is 0 Å². The van der Waals surface area contributed by atoms with Gasteiger partial charge in [0, 0.05) is 18.8 Å². The van der Waals surface area contributed by atoms with Crippen molar-refractivity contribution in [1.29, 1.82) is 0 Å². The number of hydrogen-bond acceptors (Lipinski definition) is 2. The number of benzene rings is 1. The summed E-state index contributed by atoms with van der Waals surface area (Å²) in [7, 11) is 0. The molecule has 0 radical (unpaired) electrons. The molecule has 0 spiro atoms. The van der Waals surface area contributed by atoms with E-state index >= 15 is 0 Å². The third-order valence-electron chi connectivity index (χ3n) is 3.02. The van der Waals surface area contributed by atoms with Crippen molar-refractivity contribution in [2.75, 3.05) is 18.0 Å². The van der Waals surface area contributed by atoms with E-state index in [2.05, 4.69) is 17.0 Å². The van der Waals surface area contributed by atoms with Gasteiger partial charge in [0.05, 0.1) is 5.60 Å². The van der Waals surface area contributed by atoms with Gasteiger partial charge in [-0.1, -0.05) is 12.1 Å². The van der Waals surface area contributed by atoms with Crippen molar-refractivity contribution in [3.8, 4) is 0 Å². The highest BCUT2D eigenvalue weighted by Gasteiger charge is 2.18. The van der Waals surface area contributed by atoms with Crippen LogP contribution in [0.4, 0.5) is 5.69 Å². The molecule has 0 amide bonds. The Bertz CT molecular complexity index is 335. The molecule has 82 valence electrons. The Morgan fingerprint density at radius 3 is 2.47 bits per heavy atom. The minimum atomic E-state index is -0.740. The first-order chi connectivity index (χ1) is 7.07. The molecule has 1 aliphatic heterocycles. The summed E-state index contributed by atoms with van der Waals surface area (Å²) in [5, 5.41) is 9.94. The Morgan fingerprint density at radius 1 is 1.20 bits per heavy atom. The zero-order valence-corrected chi connectivity index (χ0v) is 9.53. The summed E-state index contributed by atoms with van der Waals surface area (Å²) in [4.78, 5) is 2.38. The highest BCUT2D eigenvalue weighted by Crippen LogP contribution is 2.26. The van der Waals surface area contributed by atoms with E-state index in [0.29, 0.717) is 0 Å². The average molecular weight is 205 g/mol. The van der Waals surface area contributed by atoms with Crippen LogP contribution in [0.2, 0.25) is 0 Å². The van der Waals surface area contributed by atoms with E-state index in [-0.39, 0.29) is 0 Å². The van der Waals surface area contributed by atoms with Crippen LogP contribution in [0.15, 0.2) is 24.3 Å². The first-order valence-corrected chi connectivity index (χ1v) is 5.65. The molecule has 1 heterocycles. The van der Waals surface area contributed by atoms with Crippen LogP contribution in [0.3, 0.4) is 0 Å². The molecular formula is C13H19NO. The first kappa shape index (κ1) is 10.5. The fourth-order valence-corrected chi connectivity index (χ4v) is 2.06. The van der Waals surface area contributed by atoms with Crippen LogP contribution in [0, 0.1) is 0 Å². The molecule has 2 nitrogen and oxygen atoms in total. The SMILES string of the molecule is CC(C)(O)c1cccc(N2CCCC2)c1. The number of anilines is 1. The quantitative estimate of drug-likeness (QED) is 0.802. The van der Waals surface area contributed by atoms with Gasteiger partial charge in [0.1, 0.15) is 0 Å². The summed E-state index contributed by atoms with van der Waals surface area (Å²) in [5.74, 6) is 0. The number of aliphatic hydroxyl groups is 1. The third kappa shape index (κ3) is 2.32. The van der Waals surface area contributed by atoms with Gasteiger partial charge in [0.25, 0.3) is 0 Å². The number of rotatable bonds is 2. The molecule has 0 saturated carbocycles. The standard InChI is InChI=1S/C13H19NO/c1-13(2,15)11-6-5-7-12(10-11)14-8-3-4-9-14/h5-7,10,15H,3-4,8-9H2,1-2H3. The summed E-state index contributed by atoms with van der Waals surface area (Å²) < 4.78 is 0. The molecule has 0 bridgehead atoms. The zero-order chi connectivity index (χ0) is 10.9. The minimum absolute atomic E-state index is 0.740. The lowest BCUT2D eigenvalue weighted by atomic mass is 9.98. The molecule has 0 atom stereocenters. The van der Waals surface area contributed by atoms with Crippen molar-refractivity contribution in [3.05, 3.63) is 29.8 Å². The Labute approximate surface area is 91.5 Å². The van der Waals surface area contributed by atoms with Gasteiger partial charge in [-0.2, -0.15) is 0 Å². The maximum Gasteiger partial charge on any atom is 0.0841 e. The second-order valence-electron chi connectivity index (χ2n) is 4.80. The molecule has 1 aromatic carbocycles. The predicted molar refractivity (Wildman–Crippen MR) is 63.1 cm³/mol. The number of nitrogens with zero attached hydrogens (tertiary/aromatic N) is 1. The van der Waals surface area contributed by atoms with Gasteiger partial charge >= 0.3 is 0 Å². The molecule has 0 aliphatic carbocycles. The summed E-state index contributed by atoms with van der Waals surface area (Å²) in [5.41, 5.74) is 1.49. The smallest absolute Gasteiger partial charge is 0.0841 e. The second kappa shape index (κ2) is 3.86. The fourth-order valence-electron chi connectivity index (χ4n) is 2.06. The predicted octanol–water partition coefficient (Wildman–Crippen LogP) is 2.51. The second-order valence-corrected chi connectivity index (χ2v) is 4.80. The molecule has 1 N–H and O–H groups in total. The van der Waals surface area contributed by atoms with Crippen molar-refractivity contribution < 1.29 is 5.11 Å². The van der Waals surface area contributed by atoms with Crippen LogP contribution in [0.1, 0.15) is 32.3 Å². The molecule has 1 fully saturated rings. The average Bonchev–Trinajstić information content (AvgIpc) is 2.69. The first-order valence-electron chi connectivity index (χ1n) is 5.65. The van der Waals surface area contributed by atoms with Gasteiger partial charge in [0.2, 0.25) is 0 Å². The van der Waals surface area contributed by atoms with E-state index in [1.54, 1.807) is 0 Å². The minimum Gasteiger partial charge on any atom is -0.386 e. The van der Waals surface area contributed by atoms with E-state index < -0.39 is 5.60 Å². The molecule has 1 aliphatic rings. The lowest BCUT2D eigenvalue weighted by molar-refractivity contribution is 0.0786. The zero-order valence-electron chi connectivity index (χ0n) is 9.53. The van der Waals surface area contributed by atoms with Gasteiger partial charge in [-0.3, -0.25) is 0 Å². The van der Waals surface area contributed by atoms with E-state index in [4.69, 9.17) is 0 Å². The van der Waals surface area contributed by atoms with E-state index in [0.717, 1.165) is 18.7 Å². The van der Waals surface area contributed by atoms with Crippen LogP contribution in [-0.2, 0) is 5.60 Å². The van der Waals surface area contributed by atoms with Crippen molar-refractivity contribution in [3.63, 3.8) is 0 Å². The maximum atomic E-state index is 9.94. The van der Waals surface area contributed by atoms with Crippen LogP contribution in [0.5, 0.6) is 0 Å². The van der Waals surface area contributed by atoms with Gasteiger partial charge in [0.15, 0.2) is 0 Å². The van der Waals surface area contributed by atoms with E-state index in [9.17, 15) is 5.11 Å². The monoisotopic (exact) mass is 205 g/mol. The largest absolute Gasteiger partial charge is 0.386 e. The van der Waals surface area contributed by atoms with Crippen molar-refractivity contribution >= 4 is 5.69 Å². The lowest BCUT2D eigenvalue weighted by Gasteiger charge is -2.22. The van der Waals surface area contributed by atoms with Crippen LogP contribution >= 0.6 is 0 Å². The Hall–Kier alpha value is -1.02. The molecular weight excluding hydrogens is 186 g/mol. The maximum absolute atomic E-state index is 9.94. The Balaban J connectivity index is 2.26. The van der Waals surface area contributed by atoms with Crippen LogP contribution in [0.25, 0.3) is 0 Å². The third-order valence-corrected chi connectivity index (χ3v) is 3.02. The molecule has 0 aromatic heterocycles. The van der Waals surface area contributed by atoms with Crippen molar-refractivity contribution in [2.24, 2.45) is 0 Å². The van der Waals surface area contributed by atoms with Gasteiger partial charge in [-0.25, -0.2) is 0 Å². The fraction of sp³-hybridized carbons (Fsp3) is 0.538. The molecule has 2 rings (SSSR count). The molecule has 2 heteroatoms. The van der Waals surface area contributed by atoms with Crippen LogP contribution < -0.4 is 4.90 Å². The summed E-state index contributed by atoms with van der Waals surface area (Å²) in [6.07, 6.45) is 2.57. The van der Waals surface area contributed by atoms with Gasteiger partial charge in [-0.15, -0.1) is 0 Å². The Kier molecular flexibility index (Phi) is 2.70. The summed E-state index contributed by atoms with van der Waals surface area (Å²) >= 11 is 0. The van der Waals surface area contributed by atoms with Gasteiger partial charge in [-0.05, 0) is 44.4 Å². The normalized spacial score (nSPS) is 17.1. The summed E-state index contributed by atoms with van der Waals surface area (Å²) in [6.45, 7) is 5.96. The molecule has 1 aromatic rings. The van der Waals surface area contributed by atoms with E-state index in [1.807, 2.05) is 26.0 Å². The topological polar surface area (TPSA) is 23.5 Å². The van der Waals surface area contributed by atoms with Crippen LogP contribution in [-0.4, -0.2) is 18.2 Å². The highest BCUT2D eigenvalue weighted by molar-refractivity contribution is 5.50. The van der Waals surface area contributed by atoms with Crippen molar-refractivity contribution in [2.45, 2.75) is 32.3 Å². The Morgan fingerprint density at radius 2 is 1.87 bits per heavy atom. The lowest BCUT2D eigenvalue weighted by Crippen LogP contribution is -2.20. The summed E-state index contributed by atoms with van der Waals surface area (Å²) in [6, 6.07) is 8.24.